The molecule has 0 spiro atoms. The maximum Gasteiger partial charge on any atom is 0.295 e. The molecule has 2 amide bonds. The zero-order chi connectivity index (χ0) is 23.5. The van der Waals surface area contributed by atoms with E-state index in [4.69, 9.17) is 6.57 Å². The highest BCUT2D eigenvalue weighted by Gasteiger charge is 2.29. The van der Waals surface area contributed by atoms with E-state index in [2.05, 4.69) is 20.1 Å². The Kier molecular flexibility index (Phi) is 6.00. The Hall–Kier alpha value is -4.32. The SMILES string of the molecule is [C-]#[N+]C(=C1CCN(C(=O)C(=O)c2c[nH]c3c(NC(C)=O)ccc(F)c23)CC1)c1ccccn1. The first kappa shape index (κ1) is 21.9. The van der Waals surface area contributed by atoms with Gasteiger partial charge in [-0.3, -0.25) is 19.4 Å². The van der Waals surface area contributed by atoms with Gasteiger partial charge in [0.15, 0.2) is 0 Å². The fourth-order valence-electron chi connectivity index (χ4n) is 3.98. The molecule has 3 aromatic rings. The number of fused-ring (bicyclic) bond motifs is 1. The largest absolute Gasteiger partial charge is 0.359 e. The van der Waals surface area contributed by atoms with E-state index in [1.807, 2.05) is 6.07 Å². The van der Waals surface area contributed by atoms with Gasteiger partial charge in [-0.2, -0.15) is 0 Å². The van der Waals surface area contributed by atoms with Gasteiger partial charge in [-0.15, -0.1) is 0 Å². The van der Waals surface area contributed by atoms with Crippen LogP contribution in [-0.4, -0.2) is 45.6 Å². The Bertz CT molecular complexity index is 1330. The molecule has 1 fully saturated rings. The number of ketones is 1. The first-order valence-corrected chi connectivity index (χ1v) is 10.3. The maximum atomic E-state index is 14.6. The number of nitrogens with zero attached hydrogens (tertiary/aromatic N) is 3. The Labute approximate surface area is 188 Å². The molecule has 0 saturated carbocycles. The lowest BCUT2D eigenvalue weighted by Crippen LogP contribution is -2.40. The van der Waals surface area contributed by atoms with Crippen molar-refractivity contribution in [2.75, 3.05) is 18.4 Å². The van der Waals surface area contributed by atoms with E-state index < -0.39 is 17.5 Å². The summed E-state index contributed by atoms with van der Waals surface area (Å²) in [6, 6.07) is 7.88. The van der Waals surface area contributed by atoms with Gasteiger partial charge in [0.05, 0.1) is 29.0 Å². The number of hydrogen-bond donors (Lipinski definition) is 2. The van der Waals surface area contributed by atoms with E-state index in [1.54, 1.807) is 18.3 Å². The number of halogens is 1. The van der Waals surface area contributed by atoms with Crippen molar-refractivity contribution in [2.24, 2.45) is 0 Å². The summed E-state index contributed by atoms with van der Waals surface area (Å²) >= 11 is 0. The van der Waals surface area contributed by atoms with Crippen LogP contribution >= 0.6 is 0 Å². The summed E-state index contributed by atoms with van der Waals surface area (Å²) in [7, 11) is 0. The van der Waals surface area contributed by atoms with Crippen molar-refractivity contribution < 1.29 is 18.8 Å². The van der Waals surface area contributed by atoms with E-state index in [0.29, 0.717) is 29.9 Å². The number of anilines is 1. The maximum absolute atomic E-state index is 14.6. The van der Waals surface area contributed by atoms with Crippen LogP contribution in [0.5, 0.6) is 0 Å². The number of piperidine rings is 1. The van der Waals surface area contributed by atoms with Crippen molar-refractivity contribution in [2.45, 2.75) is 19.8 Å². The van der Waals surface area contributed by atoms with Crippen LogP contribution < -0.4 is 5.32 Å². The number of hydrogen-bond acceptors (Lipinski definition) is 4. The van der Waals surface area contributed by atoms with Crippen molar-refractivity contribution >= 4 is 39.9 Å². The molecule has 1 aliphatic rings. The number of likely N-dealkylation sites (tertiary alicyclic amines) is 1. The molecule has 166 valence electrons. The van der Waals surface area contributed by atoms with Gasteiger partial charge < -0.3 is 15.2 Å². The molecule has 3 heterocycles. The predicted molar refractivity (Wildman–Crippen MR) is 120 cm³/mol. The van der Waals surface area contributed by atoms with E-state index in [0.717, 1.165) is 11.6 Å². The predicted octanol–water partition coefficient (Wildman–Crippen LogP) is 3.80. The minimum atomic E-state index is -0.831. The number of rotatable bonds is 4. The third-order valence-electron chi connectivity index (χ3n) is 5.54. The van der Waals surface area contributed by atoms with Crippen molar-refractivity contribution in [3.8, 4) is 0 Å². The quantitative estimate of drug-likeness (QED) is 0.363. The molecule has 2 aromatic heterocycles. The van der Waals surface area contributed by atoms with Crippen molar-refractivity contribution in [1.82, 2.24) is 14.9 Å². The third-order valence-corrected chi connectivity index (χ3v) is 5.54. The van der Waals surface area contributed by atoms with Crippen LogP contribution in [0.25, 0.3) is 21.4 Å². The molecule has 4 rings (SSSR count). The van der Waals surface area contributed by atoms with Gasteiger partial charge in [0.25, 0.3) is 11.7 Å². The third kappa shape index (κ3) is 4.23. The smallest absolute Gasteiger partial charge is 0.295 e. The second kappa shape index (κ2) is 9.04. The molecule has 0 unspecified atom stereocenters. The highest BCUT2D eigenvalue weighted by atomic mass is 19.1. The summed E-state index contributed by atoms with van der Waals surface area (Å²) < 4.78 is 14.6. The zero-order valence-electron chi connectivity index (χ0n) is 17.8. The average molecular weight is 445 g/mol. The second-order valence-corrected chi connectivity index (χ2v) is 7.63. The summed E-state index contributed by atoms with van der Waals surface area (Å²) in [5.41, 5.74) is 2.41. The number of nitrogens with one attached hydrogen (secondary N) is 2. The summed E-state index contributed by atoms with van der Waals surface area (Å²) in [4.78, 5) is 49.4. The fraction of sp³-hybridized carbons (Fsp3) is 0.208. The monoisotopic (exact) mass is 445 g/mol. The van der Waals surface area contributed by atoms with Crippen molar-refractivity contribution in [1.29, 1.82) is 0 Å². The lowest BCUT2D eigenvalue weighted by molar-refractivity contribution is -0.126. The molecule has 0 aliphatic carbocycles. The van der Waals surface area contributed by atoms with Crippen LogP contribution in [0.2, 0.25) is 0 Å². The molecule has 1 aliphatic heterocycles. The molecule has 2 N–H and O–H groups in total. The lowest BCUT2D eigenvalue weighted by Gasteiger charge is -2.28. The molecule has 8 nitrogen and oxygen atoms in total. The first-order chi connectivity index (χ1) is 15.9. The van der Waals surface area contributed by atoms with Crippen LogP contribution in [0.3, 0.4) is 0 Å². The molecule has 0 radical (unpaired) electrons. The van der Waals surface area contributed by atoms with Gasteiger partial charge in [-0.05, 0) is 37.1 Å². The van der Waals surface area contributed by atoms with Gasteiger partial charge in [0.2, 0.25) is 11.6 Å². The topological polar surface area (TPSA) is 99.5 Å². The second-order valence-electron chi connectivity index (χ2n) is 7.63. The van der Waals surface area contributed by atoms with E-state index in [-0.39, 0.29) is 35.5 Å². The molecular weight excluding hydrogens is 425 g/mol. The number of carbonyl (C=O) groups excluding carboxylic acids is 3. The molecule has 0 bridgehead atoms. The number of amides is 2. The Balaban J connectivity index is 1.55. The van der Waals surface area contributed by atoms with Crippen LogP contribution in [0.15, 0.2) is 48.3 Å². The van der Waals surface area contributed by atoms with Crippen LogP contribution in [-0.2, 0) is 9.59 Å². The number of aromatic nitrogens is 2. The summed E-state index contributed by atoms with van der Waals surface area (Å²) in [5, 5.41) is 2.54. The summed E-state index contributed by atoms with van der Waals surface area (Å²) in [5.74, 6) is -2.58. The van der Waals surface area contributed by atoms with Gasteiger partial charge in [-0.25, -0.2) is 9.24 Å². The van der Waals surface area contributed by atoms with Crippen LogP contribution in [0, 0.1) is 12.4 Å². The van der Waals surface area contributed by atoms with E-state index >= 15 is 0 Å². The first-order valence-electron chi connectivity index (χ1n) is 10.3. The van der Waals surface area contributed by atoms with E-state index in [1.165, 1.54) is 24.1 Å². The zero-order valence-corrected chi connectivity index (χ0v) is 17.8. The minimum Gasteiger partial charge on any atom is -0.359 e. The highest BCUT2D eigenvalue weighted by Crippen LogP contribution is 2.30. The van der Waals surface area contributed by atoms with Crippen molar-refractivity contribution in [3.63, 3.8) is 0 Å². The van der Waals surface area contributed by atoms with Gasteiger partial charge in [0, 0.05) is 37.8 Å². The normalized spacial score (nSPS) is 13.5. The van der Waals surface area contributed by atoms with Crippen LogP contribution in [0.4, 0.5) is 10.1 Å². The molecule has 33 heavy (non-hydrogen) atoms. The fourth-order valence-corrected chi connectivity index (χ4v) is 3.98. The molecule has 1 saturated heterocycles. The van der Waals surface area contributed by atoms with Crippen LogP contribution in [0.1, 0.15) is 35.8 Å². The number of pyridine rings is 1. The molecular formula is C24H20FN5O3. The van der Waals surface area contributed by atoms with Crippen molar-refractivity contribution in [3.05, 3.63) is 76.8 Å². The Morgan fingerprint density at radius 2 is 1.94 bits per heavy atom. The highest BCUT2D eigenvalue weighted by molar-refractivity contribution is 6.45. The van der Waals surface area contributed by atoms with E-state index in [9.17, 15) is 18.8 Å². The minimum absolute atomic E-state index is 0.0392. The lowest BCUT2D eigenvalue weighted by atomic mass is 9.99. The number of Topliss-reactive ketones (excluding diaryl/α,β-unsaturated/α-hetero) is 1. The number of aromatic amines is 1. The van der Waals surface area contributed by atoms with Gasteiger partial charge >= 0.3 is 0 Å². The number of benzene rings is 1. The standard InChI is InChI=1S/C24H20FN5O3/c1-14(31)29-19-7-6-17(25)20-16(13-28-22(19)20)23(32)24(33)30-11-8-15(9-12-30)21(26-2)18-5-3-4-10-27-18/h3-7,10,13,28H,8-9,11-12H2,1H3,(H,29,31). The van der Waals surface area contributed by atoms with Gasteiger partial charge in [-0.1, -0.05) is 11.6 Å². The summed E-state index contributed by atoms with van der Waals surface area (Å²) in [6.07, 6.45) is 3.80. The number of H-pyrrole nitrogens is 1. The Morgan fingerprint density at radius 1 is 1.18 bits per heavy atom. The molecule has 9 heteroatoms. The molecule has 0 atom stereocenters. The average Bonchev–Trinajstić information content (AvgIpc) is 3.28. The number of carbonyl (C=O) groups is 3. The summed E-state index contributed by atoms with van der Waals surface area (Å²) in [6.45, 7) is 9.38. The van der Waals surface area contributed by atoms with Gasteiger partial charge in [0.1, 0.15) is 5.82 Å². The Morgan fingerprint density at radius 3 is 2.58 bits per heavy atom. The molecule has 1 aromatic carbocycles.